The first-order valence-electron chi connectivity index (χ1n) is 5.52. The molecule has 1 N–H and O–H groups in total. The Balaban J connectivity index is 2.31. The van der Waals surface area contributed by atoms with Crippen LogP contribution < -0.4 is 4.74 Å². The van der Waals surface area contributed by atoms with Crippen molar-refractivity contribution in [3.63, 3.8) is 0 Å². The molecule has 0 aliphatic heterocycles. The van der Waals surface area contributed by atoms with Gasteiger partial charge in [0.1, 0.15) is 11.6 Å². The Hall–Kier alpha value is -1.81. The van der Waals surface area contributed by atoms with Gasteiger partial charge in [-0.05, 0) is 24.3 Å². The molecule has 0 fully saturated rings. The summed E-state index contributed by atoms with van der Waals surface area (Å²) in [4.78, 5) is 4.49. The average molecular weight is 232 g/mol. The van der Waals surface area contributed by atoms with Crippen LogP contribution in [0.5, 0.6) is 5.75 Å². The molecule has 0 aliphatic carbocycles. The van der Waals surface area contributed by atoms with Gasteiger partial charge in [-0.25, -0.2) is 4.98 Å². The Labute approximate surface area is 100 Å². The zero-order chi connectivity index (χ0) is 12.3. The van der Waals surface area contributed by atoms with Gasteiger partial charge >= 0.3 is 0 Å². The number of hydrogen-bond donors (Lipinski definition) is 1. The molecule has 1 aromatic heterocycles. The van der Waals surface area contributed by atoms with Crippen molar-refractivity contribution in [3.8, 4) is 17.1 Å². The number of benzene rings is 1. The van der Waals surface area contributed by atoms with Crippen LogP contribution in [-0.4, -0.2) is 28.4 Å². The molecule has 90 valence electrons. The number of aliphatic hydroxyl groups is 1. The SMILES string of the molecule is COc1ccc(-c2nc(CCO)cn2C)cc1. The summed E-state index contributed by atoms with van der Waals surface area (Å²) in [7, 11) is 3.60. The second-order valence-electron chi connectivity index (χ2n) is 3.87. The molecule has 0 radical (unpaired) electrons. The summed E-state index contributed by atoms with van der Waals surface area (Å²) in [6.07, 6.45) is 2.53. The minimum Gasteiger partial charge on any atom is -0.497 e. The van der Waals surface area contributed by atoms with Gasteiger partial charge in [0.15, 0.2) is 0 Å². The minimum absolute atomic E-state index is 0.124. The predicted molar refractivity (Wildman–Crippen MR) is 66.0 cm³/mol. The lowest BCUT2D eigenvalue weighted by molar-refractivity contribution is 0.298. The summed E-state index contributed by atoms with van der Waals surface area (Å²) in [5.41, 5.74) is 1.94. The number of imidazole rings is 1. The highest BCUT2D eigenvalue weighted by atomic mass is 16.5. The number of aryl methyl sites for hydroxylation is 1. The van der Waals surface area contributed by atoms with Crippen LogP contribution in [0.15, 0.2) is 30.5 Å². The third-order valence-corrected chi connectivity index (χ3v) is 2.64. The van der Waals surface area contributed by atoms with Gasteiger partial charge in [-0.15, -0.1) is 0 Å². The molecule has 4 nitrogen and oxygen atoms in total. The molecule has 0 amide bonds. The monoisotopic (exact) mass is 232 g/mol. The fraction of sp³-hybridized carbons (Fsp3) is 0.308. The van der Waals surface area contributed by atoms with Gasteiger partial charge < -0.3 is 14.4 Å². The van der Waals surface area contributed by atoms with Gasteiger partial charge in [0.2, 0.25) is 0 Å². The highest BCUT2D eigenvalue weighted by molar-refractivity contribution is 5.57. The number of nitrogens with zero attached hydrogens (tertiary/aromatic N) is 2. The van der Waals surface area contributed by atoms with Crippen LogP contribution in [0.25, 0.3) is 11.4 Å². The fourth-order valence-electron chi connectivity index (χ4n) is 1.77. The lowest BCUT2D eigenvalue weighted by atomic mass is 10.2. The molecule has 4 heteroatoms. The fourth-order valence-corrected chi connectivity index (χ4v) is 1.77. The highest BCUT2D eigenvalue weighted by Gasteiger charge is 2.07. The van der Waals surface area contributed by atoms with Crippen LogP contribution in [-0.2, 0) is 13.5 Å². The van der Waals surface area contributed by atoms with E-state index in [9.17, 15) is 0 Å². The zero-order valence-electron chi connectivity index (χ0n) is 10.1. The largest absolute Gasteiger partial charge is 0.497 e. The second kappa shape index (κ2) is 5.01. The molecule has 2 aromatic rings. The maximum Gasteiger partial charge on any atom is 0.139 e. The first kappa shape index (κ1) is 11.7. The molecule has 0 aliphatic rings. The van der Waals surface area contributed by atoms with E-state index < -0.39 is 0 Å². The zero-order valence-corrected chi connectivity index (χ0v) is 10.1. The molecule has 2 rings (SSSR count). The van der Waals surface area contributed by atoms with E-state index >= 15 is 0 Å². The van der Waals surface area contributed by atoms with Crippen LogP contribution in [0.4, 0.5) is 0 Å². The quantitative estimate of drug-likeness (QED) is 0.871. The molecule has 0 spiro atoms. The first-order valence-corrected chi connectivity index (χ1v) is 5.52. The van der Waals surface area contributed by atoms with Crippen molar-refractivity contribution in [2.75, 3.05) is 13.7 Å². The molecule has 0 atom stereocenters. The van der Waals surface area contributed by atoms with Gasteiger partial charge in [0.25, 0.3) is 0 Å². The number of hydrogen-bond acceptors (Lipinski definition) is 3. The van der Waals surface area contributed by atoms with E-state index in [2.05, 4.69) is 4.98 Å². The molecular weight excluding hydrogens is 216 g/mol. The van der Waals surface area contributed by atoms with E-state index in [1.807, 2.05) is 42.1 Å². The van der Waals surface area contributed by atoms with Gasteiger partial charge in [0.05, 0.1) is 12.8 Å². The number of aromatic nitrogens is 2. The summed E-state index contributed by atoms with van der Waals surface area (Å²) in [6, 6.07) is 7.78. The third kappa shape index (κ3) is 2.47. The lowest BCUT2D eigenvalue weighted by Gasteiger charge is -2.03. The van der Waals surface area contributed by atoms with Crippen molar-refractivity contribution >= 4 is 0 Å². The number of ether oxygens (including phenoxy) is 1. The topological polar surface area (TPSA) is 47.3 Å². The highest BCUT2D eigenvalue weighted by Crippen LogP contribution is 2.21. The molecule has 0 unspecified atom stereocenters. The van der Waals surface area contributed by atoms with E-state index in [0.29, 0.717) is 6.42 Å². The average Bonchev–Trinajstić information content (AvgIpc) is 2.71. The molecule has 1 aromatic carbocycles. The molecule has 1 heterocycles. The molecule has 17 heavy (non-hydrogen) atoms. The Kier molecular flexibility index (Phi) is 3.44. The smallest absolute Gasteiger partial charge is 0.139 e. The van der Waals surface area contributed by atoms with Crippen molar-refractivity contribution in [2.24, 2.45) is 7.05 Å². The maximum atomic E-state index is 8.89. The van der Waals surface area contributed by atoms with Crippen LogP contribution in [0.3, 0.4) is 0 Å². The van der Waals surface area contributed by atoms with E-state index in [-0.39, 0.29) is 6.61 Å². The summed E-state index contributed by atoms with van der Waals surface area (Å²) >= 11 is 0. The van der Waals surface area contributed by atoms with Crippen LogP contribution in [0, 0.1) is 0 Å². The predicted octanol–water partition coefficient (Wildman–Crippen LogP) is 1.63. The lowest BCUT2D eigenvalue weighted by Crippen LogP contribution is -1.91. The normalized spacial score (nSPS) is 10.5. The van der Waals surface area contributed by atoms with Gasteiger partial charge in [0, 0.05) is 31.8 Å². The molecular formula is C13H16N2O2. The van der Waals surface area contributed by atoms with Crippen LogP contribution in [0.1, 0.15) is 5.69 Å². The van der Waals surface area contributed by atoms with Gasteiger partial charge in [-0.1, -0.05) is 0 Å². The van der Waals surface area contributed by atoms with Gasteiger partial charge in [-0.2, -0.15) is 0 Å². The second-order valence-corrected chi connectivity index (χ2v) is 3.87. The summed E-state index contributed by atoms with van der Waals surface area (Å²) < 4.78 is 7.08. The number of methoxy groups -OCH3 is 1. The van der Waals surface area contributed by atoms with Crippen molar-refractivity contribution in [1.29, 1.82) is 0 Å². The van der Waals surface area contributed by atoms with E-state index in [0.717, 1.165) is 22.8 Å². The van der Waals surface area contributed by atoms with Crippen molar-refractivity contribution in [3.05, 3.63) is 36.2 Å². The Morgan fingerprint density at radius 1 is 1.29 bits per heavy atom. The Morgan fingerprint density at radius 2 is 2.00 bits per heavy atom. The third-order valence-electron chi connectivity index (χ3n) is 2.64. The van der Waals surface area contributed by atoms with Crippen molar-refractivity contribution in [2.45, 2.75) is 6.42 Å². The number of aliphatic hydroxyl groups excluding tert-OH is 1. The molecule has 0 saturated heterocycles. The van der Waals surface area contributed by atoms with Crippen molar-refractivity contribution in [1.82, 2.24) is 9.55 Å². The summed E-state index contributed by atoms with van der Waals surface area (Å²) in [5.74, 6) is 1.73. The maximum absolute atomic E-state index is 8.89. The Bertz CT molecular complexity index is 489. The minimum atomic E-state index is 0.124. The van der Waals surface area contributed by atoms with E-state index in [4.69, 9.17) is 9.84 Å². The summed E-state index contributed by atoms with van der Waals surface area (Å²) in [6.45, 7) is 0.124. The van der Waals surface area contributed by atoms with E-state index in [1.54, 1.807) is 7.11 Å². The van der Waals surface area contributed by atoms with E-state index in [1.165, 1.54) is 0 Å². The standard InChI is InChI=1S/C13H16N2O2/c1-15-9-11(7-8-16)14-13(15)10-3-5-12(17-2)6-4-10/h3-6,9,16H,7-8H2,1-2H3. The molecule has 0 bridgehead atoms. The van der Waals surface area contributed by atoms with Crippen molar-refractivity contribution < 1.29 is 9.84 Å². The summed E-state index contributed by atoms with van der Waals surface area (Å²) in [5, 5.41) is 8.89. The van der Waals surface area contributed by atoms with Gasteiger partial charge in [-0.3, -0.25) is 0 Å². The first-order chi connectivity index (χ1) is 8.24. The van der Waals surface area contributed by atoms with Crippen LogP contribution >= 0.6 is 0 Å². The molecule has 0 saturated carbocycles. The Morgan fingerprint density at radius 3 is 2.59 bits per heavy atom. The number of rotatable bonds is 4. The van der Waals surface area contributed by atoms with Crippen LogP contribution in [0.2, 0.25) is 0 Å².